The molecule has 7 nitrogen and oxygen atoms in total. The standard InChI is InChI=1S/C18H24N6O/c1-3-15(14-24(8-1)18-19-6-2-7-20-18)13-16-4-5-17(22-21-16)23-9-11-25-12-10-23/h2,4-7,15H,1,3,8-14H2. The van der Waals surface area contributed by atoms with Gasteiger partial charge in [-0.2, -0.15) is 5.10 Å². The Labute approximate surface area is 148 Å². The fourth-order valence-electron chi connectivity index (χ4n) is 3.59. The Kier molecular flexibility index (Phi) is 5.01. The molecule has 0 bridgehead atoms. The molecule has 0 radical (unpaired) electrons. The molecule has 2 fully saturated rings. The first-order valence-corrected chi connectivity index (χ1v) is 9.06. The van der Waals surface area contributed by atoms with E-state index in [1.54, 1.807) is 0 Å². The summed E-state index contributed by atoms with van der Waals surface area (Å²) in [4.78, 5) is 13.3. The molecule has 4 rings (SSSR count). The highest BCUT2D eigenvalue weighted by Gasteiger charge is 2.22. The summed E-state index contributed by atoms with van der Waals surface area (Å²) in [6.07, 6.45) is 6.96. The van der Waals surface area contributed by atoms with Crippen molar-refractivity contribution in [3.05, 3.63) is 36.3 Å². The van der Waals surface area contributed by atoms with Crippen LogP contribution in [0.25, 0.3) is 0 Å². The Bertz CT molecular complexity index is 659. The molecule has 2 saturated heterocycles. The third-order valence-corrected chi connectivity index (χ3v) is 4.89. The van der Waals surface area contributed by atoms with Crippen molar-refractivity contribution in [1.29, 1.82) is 0 Å². The predicted molar refractivity (Wildman–Crippen MR) is 95.7 cm³/mol. The fraction of sp³-hybridized carbons (Fsp3) is 0.556. The molecule has 0 amide bonds. The van der Waals surface area contributed by atoms with E-state index in [0.717, 1.165) is 63.3 Å². The topological polar surface area (TPSA) is 67.3 Å². The number of rotatable bonds is 4. The van der Waals surface area contributed by atoms with Crippen LogP contribution < -0.4 is 9.80 Å². The van der Waals surface area contributed by atoms with Gasteiger partial charge in [-0.1, -0.05) is 0 Å². The highest BCUT2D eigenvalue weighted by molar-refractivity contribution is 5.37. The molecule has 0 aromatic carbocycles. The van der Waals surface area contributed by atoms with Crippen molar-refractivity contribution >= 4 is 11.8 Å². The average molecular weight is 340 g/mol. The number of aromatic nitrogens is 4. The summed E-state index contributed by atoms with van der Waals surface area (Å²) in [5.41, 5.74) is 1.07. The molecule has 2 aliphatic rings. The Morgan fingerprint density at radius 2 is 1.84 bits per heavy atom. The van der Waals surface area contributed by atoms with Crippen molar-refractivity contribution in [1.82, 2.24) is 20.2 Å². The SMILES string of the molecule is c1cnc(N2CCCC(Cc3ccc(N4CCOCC4)nn3)C2)nc1. The van der Waals surface area contributed by atoms with Crippen LogP contribution in [-0.4, -0.2) is 59.6 Å². The molecule has 132 valence electrons. The summed E-state index contributed by atoms with van der Waals surface area (Å²) in [5.74, 6) is 2.36. The fourth-order valence-corrected chi connectivity index (χ4v) is 3.59. The van der Waals surface area contributed by atoms with Gasteiger partial charge in [-0.15, -0.1) is 5.10 Å². The highest BCUT2D eigenvalue weighted by atomic mass is 16.5. The van der Waals surface area contributed by atoms with Crippen molar-refractivity contribution in [2.24, 2.45) is 5.92 Å². The third kappa shape index (κ3) is 4.04. The lowest BCUT2D eigenvalue weighted by molar-refractivity contribution is 0.122. The Hall–Kier alpha value is -2.28. The van der Waals surface area contributed by atoms with Gasteiger partial charge in [0, 0.05) is 38.6 Å². The van der Waals surface area contributed by atoms with Gasteiger partial charge < -0.3 is 14.5 Å². The number of hydrogen-bond acceptors (Lipinski definition) is 7. The van der Waals surface area contributed by atoms with Crippen LogP contribution >= 0.6 is 0 Å². The van der Waals surface area contributed by atoms with Crippen molar-refractivity contribution in [3.63, 3.8) is 0 Å². The minimum Gasteiger partial charge on any atom is -0.378 e. The quantitative estimate of drug-likeness (QED) is 0.837. The zero-order chi connectivity index (χ0) is 16.9. The van der Waals surface area contributed by atoms with Crippen LogP contribution in [0.15, 0.2) is 30.6 Å². The van der Waals surface area contributed by atoms with Crippen LogP contribution in [0.2, 0.25) is 0 Å². The summed E-state index contributed by atoms with van der Waals surface area (Å²) < 4.78 is 5.39. The molecular formula is C18H24N6O. The molecule has 0 N–H and O–H groups in total. The zero-order valence-corrected chi connectivity index (χ0v) is 14.4. The van der Waals surface area contributed by atoms with Crippen LogP contribution in [0.3, 0.4) is 0 Å². The van der Waals surface area contributed by atoms with E-state index in [4.69, 9.17) is 4.74 Å². The summed E-state index contributed by atoms with van der Waals surface area (Å²) in [5, 5.41) is 8.89. The minimum atomic E-state index is 0.570. The van der Waals surface area contributed by atoms with Gasteiger partial charge in [-0.3, -0.25) is 0 Å². The second-order valence-corrected chi connectivity index (χ2v) is 6.69. The van der Waals surface area contributed by atoms with E-state index in [1.165, 1.54) is 12.8 Å². The smallest absolute Gasteiger partial charge is 0.225 e. The molecule has 1 atom stereocenters. The summed E-state index contributed by atoms with van der Waals surface area (Å²) in [7, 11) is 0. The van der Waals surface area contributed by atoms with Gasteiger partial charge >= 0.3 is 0 Å². The zero-order valence-electron chi connectivity index (χ0n) is 14.4. The van der Waals surface area contributed by atoms with E-state index in [9.17, 15) is 0 Å². The monoisotopic (exact) mass is 340 g/mol. The number of ether oxygens (including phenoxy) is 1. The molecule has 2 aliphatic heterocycles. The van der Waals surface area contributed by atoms with Gasteiger partial charge in [0.05, 0.1) is 18.9 Å². The molecule has 0 spiro atoms. The van der Waals surface area contributed by atoms with E-state index >= 15 is 0 Å². The van der Waals surface area contributed by atoms with Crippen molar-refractivity contribution in [2.45, 2.75) is 19.3 Å². The molecule has 4 heterocycles. The first kappa shape index (κ1) is 16.2. The van der Waals surface area contributed by atoms with Crippen LogP contribution in [0, 0.1) is 5.92 Å². The van der Waals surface area contributed by atoms with E-state index < -0.39 is 0 Å². The molecule has 1 unspecified atom stereocenters. The first-order valence-electron chi connectivity index (χ1n) is 9.06. The van der Waals surface area contributed by atoms with E-state index in [1.807, 2.05) is 18.5 Å². The van der Waals surface area contributed by atoms with Crippen LogP contribution in [0.4, 0.5) is 11.8 Å². The van der Waals surface area contributed by atoms with Crippen molar-refractivity contribution < 1.29 is 4.74 Å². The number of anilines is 2. The summed E-state index contributed by atoms with van der Waals surface area (Å²) in [6, 6.07) is 6.07. The second kappa shape index (κ2) is 7.74. The Morgan fingerprint density at radius 3 is 2.60 bits per heavy atom. The average Bonchev–Trinajstić information content (AvgIpc) is 2.70. The third-order valence-electron chi connectivity index (χ3n) is 4.89. The van der Waals surface area contributed by atoms with E-state index in [0.29, 0.717) is 5.92 Å². The molecule has 0 aliphatic carbocycles. The van der Waals surface area contributed by atoms with Crippen molar-refractivity contribution in [2.75, 3.05) is 49.2 Å². The lowest BCUT2D eigenvalue weighted by Crippen LogP contribution is -2.37. The van der Waals surface area contributed by atoms with E-state index in [2.05, 4.69) is 42.1 Å². The van der Waals surface area contributed by atoms with Gasteiger partial charge in [-0.05, 0) is 43.4 Å². The van der Waals surface area contributed by atoms with E-state index in [-0.39, 0.29) is 0 Å². The van der Waals surface area contributed by atoms with Crippen molar-refractivity contribution in [3.8, 4) is 0 Å². The number of piperidine rings is 1. The Balaban J connectivity index is 1.36. The lowest BCUT2D eigenvalue weighted by Gasteiger charge is -2.32. The van der Waals surface area contributed by atoms with Gasteiger partial charge in [0.15, 0.2) is 5.82 Å². The lowest BCUT2D eigenvalue weighted by atomic mass is 9.93. The highest BCUT2D eigenvalue weighted by Crippen LogP contribution is 2.23. The van der Waals surface area contributed by atoms with Gasteiger partial charge in [0.2, 0.25) is 5.95 Å². The predicted octanol–water partition coefficient (Wildman–Crippen LogP) is 1.56. The number of nitrogens with zero attached hydrogens (tertiary/aromatic N) is 6. The number of hydrogen-bond donors (Lipinski definition) is 0. The normalized spacial score (nSPS) is 21.4. The Morgan fingerprint density at radius 1 is 1.00 bits per heavy atom. The maximum Gasteiger partial charge on any atom is 0.225 e. The minimum absolute atomic E-state index is 0.570. The van der Waals surface area contributed by atoms with Gasteiger partial charge in [0.1, 0.15) is 0 Å². The maximum atomic E-state index is 5.39. The molecule has 2 aromatic heterocycles. The summed E-state index contributed by atoms with van der Waals surface area (Å²) in [6.45, 7) is 5.33. The first-order chi connectivity index (χ1) is 12.4. The molecule has 7 heteroatoms. The second-order valence-electron chi connectivity index (χ2n) is 6.69. The molecule has 25 heavy (non-hydrogen) atoms. The maximum absolute atomic E-state index is 5.39. The largest absolute Gasteiger partial charge is 0.378 e. The summed E-state index contributed by atoms with van der Waals surface area (Å²) >= 11 is 0. The molecule has 0 saturated carbocycles. The number of morpholine rings is 1. The van der Waals surface area contributed by atoms with Crippen LogP contribution in [0.5, 0.6) is 0 Å². The van der Waals surface area contributed by atoms with Crippen LogP contribution in [-0.2, 0) is 11.2 Å². The van der Waals surface area contributed by atoms with Crippen LogP contribution in [0.1, 0.15) is 18.5 Å². The molecular weight excluding hydrogens is 316 g/mol. The molecule has 2 aromatic rings. The van der Waals surface area contributed by atoms with Gasteiger partial charge in [0.25, 0.3) is 0 Å². The van der Waals surface area contributed by atoms with Gasteiger partial charge in [-0.25, -0.2) is 9.97 Å².